The van der Waals surface area contributed by atoms with Crippen LogP contribution in [0.1, 0.15) is 63.7 Å². The highest BCUT2D eigenvalue weighted by Crippen LogP contribution is 2.38. The van der Waals surface area contributed by atoms with Gasteiger partial charge in [0.2, 0.25) is 5.91 Å². The van der Waals surface area contributed by atoms with Crippen molar-refractivity contribution in [1.82, 2.24) is 19.7 Å². The molecule has 0 spiro atoms. The molecular formula is C18H26N4OS. The van der Waals surface area contributed by atoms with Gasteiger partial charge in [-0.15, -0.1) is 0 Å². The summed E-state index contributed by atoms with van der Waals surface area (Å²) in [7, 11) is 0. The van der Waals surface area contributed by atoms with Crippen LogP contribution in [0.4, 0.5) is 0 Å². The molecule has 130 valence electrons. The molecular weight excluding hydrogens is 320 g/mol. The van der Waals surface area contributed by atoms with Gasteiger partial charge in [0.15, 0.2) is 4.77 Å². The number of nitrogens with zero attached hydrogens (tertiary/aromatic N) is 3. The van der Waals surface area contributed by atoms with Gasteiger partial charge in [0.1, 0.15) is 5.82 Å². The summed E-state index contributed by atoms with van der Waals surface area (Å²) in [4.78, 5) is 14.5. The van der Waals surface area contributed by atoms with Crippen molar-refractivity contribution in [3.8, 4) is 0 Å². The zero-order valence-electron chi connectivity index (χ0n) is 14.5. The van der Waals surface area contributed by atoms with Gasteiger partial charge in [-0.1, -0.05) is 24.6 Å². The summed E-state index contributed by atoms with van der Waals surface area (Å²) in [5.41, 5.74) is 1.19. The Labute approximate surface area is 148 Å². The van der Waals surface area contributed by atoms with E-state index < -0.39 is 0 Å². The molecule has 1 aliphatic carbocycles. The first-order valence-corrected chi connectivity index (χ1v) is 9.33. The standard InChI is InChI=1S/C18H26N4OS/c1-3-13(4-2)7-10-16(23)21-11-5-6-14(12-21)17-19-20-18(24)22(17)15-8-9-15/h3,7,10,14-15H,4-6,8-9,11-12H2,1-2H3,(H,20,24). The van der Waals surface area contributed by atoms with Crippen molar-refractivity contribution in [3.63, 3.8) is 0 Å². The van der Waals surface area contributed by atoms with Gasteiger partial charge in [0, 0.05) is 31.1 Å². The molecule has 1 aromatic heterocycles. The first kappa shape index (κ1) is 17.1. The normalized spacial score (nSPS) is 22.3. The minimum Gasteiger partial charge on any atom is -0.338 e. The van der Waals surface area contributed by atoms with Crippen molar-refractivity contribution in [2.75, 3.05) is 13.1 Å². The molecule has 1 aromatic rings. The van der Waals surface area contributed by atoms with Crippen molar-refractivity contribution in [2.24, 2.45) is 0 Å². The van der Waals surface area contributed by atoms with Gasteiger partial charge < -0.3 is 9.47 Å². The van der Waals surface area contributed by atoms with Crippen molar-refractivity contribution in [1.29, 1.82) is 0 Å². The summed E-state index contributed by atoms with van der Waals surface area (Å²) in [6.07, 6.45) is 11.1. The van der Waals surface area contributed by atoms with E-state index in [4.69, 9.17) is 12.2 Å². The lowest BCUT2D eigenvalue weighted by Crippen LogP contribution is -2.39. The van der Waals surface area contributed by atoms with Gasteiger partial charge in [0.05, 0.1) is 0 Å². The molecule has 1 saturated heterocycles. The number of aromatic amines is 1. The molecule has 2 aliphatic rings. The average Bonchev–Trinajstić information content (AvgIpc) is 3.37. The molecule has 24 heavy (non-hydrogen) atoms. The van der Waals surface area contributed by atoms with Gasteiger partial charge in [-0.25, -0.2) is 0 Å². The molecule has 5 nitrogen and oxygen atoms in total. The molecule has 1 N–H and O–H groups in total. The second-order valence-electron chi connectivity index (χ2n) is 6.66. The maximum Gasteiger partial charge on any atom is 0.246 e. The molecule has 3 rings (SSSR count). The van der Waals surface area contributed by atoms with E-state index in [9.17, 15) is 4.79 Å². The highest BCUT2D eigenvalue weighted by molar-refractivity contribution is 7.71. The molecule has 0 aromatic carbocycles. The summed E-state index contributed by atoms with van der Waals surface area (Å²) in [5.74, 6) is 1.41. The largest absolute Gasteiger partial charge is 0.338 e. The number of amides is 1. The van der Waals surface area contributed by atoms with Gasteiger partial charge in [-0.05, 0) is 51.2 Å². The fourth-order valence-electron chi connectivity index (χ4n) is 3.38. The molecule has 6 heteroatoms. The molecule has 0 radical (unpaired) electrons. The molecule has 2 fully saturated rings. The Morgan fingerprint density at radius 2 is 2.17 bits per heavy atom. The smallest absolute Gasteiger partial charge is 0.246 e. The number of piperidine rings is 1. The fraction of sp³-hybridized carbons (Fsp3) is 0.611. The Bertz CT molecular complexity index is 711. The summed E-state index contributed by atoms with van der Waals surface area (Å²) in [6.45, 7) is 5.66. The van der Waals surface area contributed by atoms with Crippen LogP contribution in [-0.2, 0) is 4.79 Å². The summed E-state index contributed by atoms with van der Waals surface area (Å²) < 4.78 is 2.90. The van der Waals surface area contributed by atoms with E-state index >= 15 is 0 Å². The van der Waals surface area contributed by atoms with Gasteiger partial charge >= 0.3 is 0 Å². The highest BCUT2D eigenvalue weighted by Gasteiger charge is 2.32. The second kappa shape index (κ2) is 7.47. The number of allylic oxidation sites excluding steroid dienone is 3. The van der Waals surface area contributed by atoms with Crippen molar-refractivity contribution in [3.05, 3.63) is 34.4 Å². The number of hydrogen-bond donors (Lipinski definition) is 1. The highest BCUT2D eigenvalue weighted by atomic mass is 32.1. The third-order valence-electron chi connectivity index (χ3n) is 4.96. The van der Waals surface area contributed by atoms with Gasteiger partial charge in [-0.3, -0.25) is 9.89 Å². The number of aromatic nitrogens is 3. The summed E-state index contributed by atoms with van der Waals surface area (Å²) in [6, 6.07) is 0.513. The van der Waals surface area contributed by atoms with E-state index in [-0.39, 0.29) is 11.8 Å². The van der Waals surface area contributed by atoms with Crippen LogP contribution in [0, 0.1) is 4.77 Å². The van der Waals surface area contributed by atoms with Crippen molar-refractivity contribution < 1.29 is 4.79 Å². The van der Waals surface area contributed by atoms with Gasteiger partial charge in [0.25, 0.3) is 0 Å². The van der Waals surface area contributed by atoms with Crippen LogP contribution in [-0.4, -0.2) is 38.7 Å². The van der Waals surface area contributed by atoms with E-state index in [0.717, 1.165) is 42.9 Å². The zero-order chi connectivity index (χ0) is 17.1. The van der Waals surface area contributed by atoms with E-state index in [1.165, 1.54) is 18.4 Å². The van der Waals surface area contributed by atoms with Crippen LogP contribution in [0.15, 0.2) is 23.8 Å². The number of H-pyrrole nitrogens is 1. The number of carbonyl (C=O) groups is 1. The Balaban J connectivity index is 1.71. The Morgan fingerprint density at radius 1 is 1.38 bits per heavy atom. The fourth-order valence-corrected chi connectivity index (χ4v) is 3.67. The molecule has 1 aliphatic heterocycles. The number of carbonyl (C=O) groups excluding carboxylic acids is 1. The lowest BCUT2D eigenvalue weighted by Gasteiger charge is -2.31. The number of rotatable bonds is 5. The molecule has 0 bridgehead atoms. The molecule has 1 saturated carbocycles. The monoisotopic (exact) mass is 346 g/mol. The van der Waals surface area contributed by atoms with Crippen LogP contribution in [0.25, 0.3) is 0 Å². The SMILES string of the molecule is CC=C(C=CC(=O)N1CCCC(c2n[nH]c(=S)n2C2CC2)C1)CC. The maximum absolute atomic E-state index is 12.5. The van der Waals surface area contributed by atoms with Crippen LogP contribution in [0.3, 0.4) is 0 Å². The summed E-state index contributed by atoms with van der Waals surface area (Å²) >= 11 is 5.38. The van der Waals surface area contributed by atoms with E-state index in [1.807, 2.05) is 17.9 Å². The van der Waals surface area contributed by atoms with Crippen LogP contribution in [0.5, 0.6) is 0 Å². The summed E-state index contributed by atoms with van der Waals surface area (Å²) in [5, 5.41) is 7.42. The van der Waals surface area contributed by atoms with Crippen LogP contribution < -0.4 is 0 Å². The number of hydrogen-bond acceptors (Lipinski definition) is 3. The van der Waals surface area contributed by atoms with E-state index in [1.54, 1.807) is 6.08 Å². The molecule has 1 amide bonds. The quantitative estimate of drug-likeness (QED) is 0.500. The zero-order valence-corrected chi connectivity index (χ0v) is 15.3. The van der Waals surface area contributed by atoms with Crippen molar-refractivity contribution >= 4 is 18.1 Å². The lowest BCUT2D eigenvalue weighted by atomic mass is 9.97. The third kappa shape index (κ3) is 3.69. The number of nitrogens with one attached hydrogen (secondary N) is 1. The van der Waals surface area contributed by atoms with Crippen LogP contribution >= 0.6 is 12.2 Å². The predicted octanol–water partition coefficient (Wildman–Crippen LogP) is 3.89. The Hall–Kier alpha value is -1.69. The molecule has 2 heterocycles. The Kier molecular flexibility index (Phi) is 5.33. The van der Waals surface area contributed by atoms with Crippen LogP contribution in [0.2, 0.25) is 0 Å². The lowest BCUT2D eigenvalue weighted by molar-refractivity contribution is -0.127. The molecule has 1 unspecified atom stereocenters. The number of likely N-dealkylation sites (tertiary alicyclic amines) is 1. The van der Waals surface area contributed by atoms with Gasteiger partial charge in [-0.2, -0.15) is 5.10 Å². The topological polar surface area (TPSA) is 53.9 Å². The third-order valence-corrected chi connectivity index (χ3v) is 5.25. The molecule has 1 atom stereocenters. The van der Waals surface area contributed by atoms with Crippen molar-refractivity contribution in [2.45, 2.75) is 57.9 Å². The minimum absolute atomic E-state index is 0.0969. The first-order valence-electron chi connectivity index (χ1n) is 8.93. The first-order chi connectivity index (χ1) is 11.6. The predicted molar refractivity (Wildman–Crippen MR) is 97.4 cm³/mol. The second-order valence-corrected chi connectivity index (χ2v) is 7.05. The average molecular weight is 347 g/mol. The van der Waals surface area contributed by atoms with E-state index in [2.05, 4.69) is 27.8 Å². The minimum atomic E-state index is 0.0969. The maximum atomic E-state index is 12.5. The van der Waals surface area contributed by atoms with E-state index in [0.29, 0.717) is 6.04 Å². The Morgan fingerprint density at radius 3 is 2.83 bits per heavy atom.